The maximum Gasteiger partial charge on any atom is 0.0991 e. The molecule has 0 bridgehead atoms. The van der Waals surface area contributed by atoms with E-state index >= 15 is 0 Å². The van der Waals surface area contributed by atoms with Crippen molar-refractivity contribution in [3.05, 3.63) is 194 Å². The summed E-state index contributed by atoms with van der Waals surface area (Å²) in [5.41, 5.74) is 14.7. The van der Waals surface area contributed by atoms with E-state index in [0.29, 0.717) is 5.56 Å². The van der Waals surface area contributed by atoms with Crippen LogP contribution in [0.3, 0.4) is 0 Å². The highest BCUT2D eigenvalue weighted by Crippen LogP contribution is 2.39. The minimum atomic E-state index is 0.668. The molecule has 3 nitrogen and oxygen atoms in total. The van der Waals surface area contributed by atoms with Gasteiger partial charge in [-0.2, -0.15) is 5.26 Å². The molecule has 0 aliphatic carbocycles. The largest absolute Gasteiger partial charge is 0.309 e. The average molecular weight is 662 g/mol. The fourth-order valence-electron chi connectivity index (χ4n) is 7.86. The van der Waals surface area contributed by atoms with Crippen molar-refractivity contribution in [1.82, 2.24) is 9.13 Å². The highest BCUT2D eigenvalue weighted by molar-refractivity contribution is 6.12. The molecule has 0 atom stereocenters. The lowest BCUT2D eigenvalue weighted by atomic mass is 10.0. The number of hydrogen-bond acceptors (Lipinski definition) is 1. The first kappa shape index (κ1) is 29.7. The van der Waals surface area contributed by atoms with Gasteiger partial charge in [-0.25, -0.2) is 0 Å². The van der Waals surface area contributed by atoms with Crippen LogP contribution in [0.25, 0.3) is 88.4 Å². The predicted molar refractivity (Wildman–Crippen MR) is 216 cm³/mol. The summed E-state index contributed by atoms with van der Waals surface area (Å²) in [6.45, 7) is 0. The second-order valence-electron chi connectivity index (χ2n) is 13.3. The molecule has 0 aliphatic heterocycles. The van der Waals surface area contributed by atoms with Gasteiger partial charge < -0.3 is 9.13 Å². The molecule has 0 aliphatic rings. The summed E-state index contributed by atoms with van der Waals surface area (Å²) in [5.74, 6) is 0. The molecule has 0 amide bonds. The van der Waals surface area contributed by atoms with Gasteiger partial charge in [0.05, 0.1) is 33.7 Å². The molecule has 2 aromatic heterocycles. The Morgan fingerprint density at radius 1 is 0.308 bits per heavy atom. The van der Waals surface area contributed by atoms with E-state index in [9.17, 15) is 5.26 Å². The number of fused-ring (bicyclic) bond motifs is 6. The predicted octanol–water partition coefficient (Wildman–Crippen LogP) is 12.8. The van der Waals surface area contributed by atoms with Crippen LogP contribution < -0.4 is 0 Å². The molecule has 0 unspecified atom stereocenters. The molecule has 0 saturated carbocycles. The fraction of sp³-hybridized carbons (Fsp3) is 0. The summed E-state index contributed by atoms with van der Waals surface area (Å²) < 4.78 is 4.75. The smallest absolute Gasteiger partial charge is 0.0991 e. The molecular formula is C49H31N3. The number of rotatable bonds is 5. The van der Waals surface area contributed by atoms with Crippen LogP contribution >= 0.6 is 0 Å². The zero-order chi connectivity index (χ0) is 34.6. The summed E-state index contributed by atoms with van der Waals surface area (Å²) in [7, 11) is 0. The lowest BCUT2D eigenvalue weighted by molar-refractivity contribution is 1.18. The van der Waals surface area contributed by atoms with Gasteiger partial charge in [-0.05, 0) is 106 Å². The maximum absolute atomic E-state index is 9.20. The third-order valence-electron chi connectivity index (χ3n) is 10.4. The number of hydrogen-bond donors (Lipinski definition) is 0. The molecule has 0 radical (unpaired) electrons. The summed E-state index contributed by atoms with van der Waals surface area (Å²) in [4.78, 5) is 0. The molecule has 0 saturated heterocycles. The Bertz CT molecular complexity index is 2990. The Labute approximate surface area is 301 Å². The molecule has 10 rings (SSSR count). The quantitative estimate of drug-likeness (QED) is 0.181. The number of para-hydroxylation sites is 2. The van der Waals surface area contributed by atoms with E-state index in [1.165, 1.54) is 65.9 Å². The third kappa shape index (κ3) is 4.81. The second-order valence-corrected chi connectivity index (χ2v) is 13.3. The minimum absolute atomic E-state index is 0.668. The lowest BCUT2D eigenvalue weighted by Gasteiger charge is -2.11. The molecule has 3 heteroatoms. The van der Waals surface area contributed by atoms with Gasteiger partial charge in [-0.1, -0.05) is 115 Å². The standard InChI is InChI=1S/C49H31N3/c50-32-33-17-19-35(20-18-33)36-21-25-40(26-22-36)51-46-15-6-4-13-42(46)44-30-38(23-27-48(44)51)39-24-28-49-45(31-39)43-14-5-7-16-47(43)52(49)41-12-8-11-37(29-41)34-9-2-1-3-10-34/h1-31H. The number of benzene rings is 8. The fourth-order valence-corrected chi connectivity index (χ4v) is 7.86. The Kier molecular flexibility index (Phi) is 6.87. The van der Waals surface area contributed by atoms with Crippen molar-refractivity contribution >= 4 is 43.6 Å². The van der Waals surface area contributed by atoms with Crippen molar-refractivity contribution in [3.63, 3.8) is 0 Å². The van der Waals surface area contributed by atoms with Crippen molar-refractivity contribution in [2.45, 2.75) is 0 Å². The third-order valence-corrected chi connectivity index (χ3v) is 10.4. The van der Waals surface area contributed by atoms with E-state index in [2.05, 4.69) is 179 Å². The van der Waals surface area contributed by atoms with Crippen molar-refractivity contribution in [1.29, 1.82) is 5.26 Å². The van der Waals surface area contributed by atoms with Gasteiger partial charge in [-0.3, -0.25) is 0 Å². The van der Waals surface area contributed by atoms with Gasteiger partial charge in [0, 0.05) is 32.9 Å². The highest BCUT2D eigenvalue weighted by Gasteiger charge is 2.16. The average Bonchev–Trinajstić information content (AvgIpc) is 3.73. The Morgan fingerprint density at radius 3 is 1.35 bits per heavy atom. The normalized spacial score (nSPS) is 11.4. The van der Waals surface area contributed by atoms with Gasteiger partial charge in [0.2, 0.25) is 0 Å². The first-order valence-corrected chi connectivity index (χ1v) is 17.6. The van der Waals surface area contributed by atoms with Crippen molar-refractivity contribution in [2.24, 2.45) is 0 Å². The summed E-state index contributed by atoms with van der Waals surface area (Å²) in [6, 6.07) is 69.3. The maximum atomic E-state index is 9.20. The summed E-state index contributed by atoms with van der Waals surface area (Å²) in [6.07, 6.45) is 0. The van der Waals surface area contributed by atoms with Gasteiger partial charge in [0.25, 0.3) is 0 Å². The lowest BCUT2D eigenvalue weighted by Crippen LogP contribution is -1.94. The van der Waals surface area contributed by atoms with Crippen LogP contribution in [0.5, 0.6) is 0 Å². The van der Waals surface area contributed by atoms with E-state index in [-0.39, 0.29) is 0 Å². The van der Waals surface area contributed by atoms with E-state index < -0.39 is 0 Å². The number of nitrogens with zero attached hydrogens (tertiary/aromatic N) is 3. The molecule has 2 heterocycles. The summed E-state index contributed by atoms with van der Waals surface area (Å²) >= 11 is 0. The molecule has 0 N–H and O–H groups in total. The van der Waals surface area contributed by atoms with Crippen LogP contribution in [0, 0.1) is 11.3 Å². The SMILES string of the molecule is N#Cc1ccc(-c2ccc(-n3c4ccccc4c4cc(-c5ccc6c(c5)c5ccccc5n6-c5cccc(-c6ccccc6)c5)ccc43)cc2)cc1. The molecule has 10 aromatic rings. The van der Waals surface area contributed by atoms with Crippen LogP contribution in [0.1, 0.15) is 5.56 Å². The van der Waals surface area contributed by atoms with Gasteiger partial charge in [0.1, 0.15) is 0 Å². The highest BCUT2D eigenvalue weighted by atomic mass is 15.0. The van der Waals surface area contributed by atoms with E-state index in [4.69, 9.17) is 0 Å². The first-order chi connectivity index (χ1) is 25.7. The summed E-state index contributed by atoms with van der Waals surface area (Å²) in [5, 5.41) is 14.1. The molecule has 8 aromatic carbocycles. The number of nitriles is 1. The Morgan fingerprint density at radius 2 is 0.750 bits per heavy atom. The minimum Gasteiger partial charge on any atom is -0.309 e. The van der Waals surface area contributed by atoms with E-state index in [0.717, 1.165) is 22.5 Å². The van der Waals surface area contributed by atoms with Gasteiger partial charge in [-0.15, -0.1) is 0 Å². The number of aromatic nitrogens is 2. The second kappa shape index (κ2) is 12.0. The van der Waals surface area contributed by atoms with Crippen molar-refractivity contribution < 1.29 is 0 Å². The first-order valence-electron chi connectivity index (χ1n) is 17.6. The molecule has 0 fully saturated rings. The van der Waals surface area contributed by atoms with Crippen molar-refractivity contribution in [2.75, 3.05) is 0 Å². The Balaban J connectivity index is 1.08. The van der Waals surface area contributed by atoms with E-state index in [1.807, 2.05) is 24.3 Å². The van der Waals surface area contributed by atoms with Crippen LogP contribution in [0.4, 0.5) is 0 Å². The van der Waals surface area contributed by atoms with Crippen molar-refractivity contribution in [3.8, 4) is 50.8 Å². The topological polar surface area (TPSA) is 33.6 Å². The monoisotopic (exact) mass is 661 g/mol. The van der Waals surface area contributed by atoms with Crippen LogP contribution in [0.2, 0.25) is 0 Å². The van der Waals surface area contributed by atoms with Crippen LogP contribution in [0.15, 0.2) is 188 Å². The molecule has 52 heavy (non-hydrogen) atoms. The van der Waals surface area contributed by atoms with Gasteiger partial charge >= 0.3 is 0 Å². The van der Waals surface area contributed by atoms with Crippen LogP contribution in [-0.2, 0) is 0 Å². The molecule has 0 spiro atoms. The zero-order valence-corrected chi connectivity index (χ0v) is 28.2. The van der Waals surface area contributed by atoms with Gasteiger partial charge in [0.15, 0.2) is 0 Å². The Hall–Kier alpha value is -7.15. The zero-order valence-electron chi connectivity index (χ0n) is 28.2. The van der Waals surface area contributed by atoms with E-state index in [1.54, 1.807) is 0 Å². The molecule has 242 valence electrons. The molecular weight excluding hydrogens is 631 g/mol. The van der Waals surface area contributed by atoms with Crippen LogP contribution in [-0.4, -0.2) is 9.13 Å².